The van der Waals surface area contributed by atoms with E-state index >= 15 is 0 Å². The van der Waals surface area contributed by atoms with Crippen molar-refractivity contribution < 1.29 is 19.1 Å². The van der Waals surface area contributed by atoms with Gasteiger partial charge in [0.05, 0.1) is 31.0 Å². The first-order valence-electron chi connectivity index (χ1n) is 6.40. The number of H-pyrrole nitrogens is 1. The summed E-state index contributed by atoms with van der Waals surface area (Å²) in [5.74, 6) is -0.382. The van der Waals surface area contributed by atoms with Crippen LogP contribution in [-0.4, -0.2) is 40.5 Å². The van der Waals surface area contributed by atoms with Crippen molar-refractivity contribution in [3.8, 4) is 0 Å². The van der Waals surface area contributed by atoms with Crippen molar-refractivity contribution in [1.82, 2.24) is 14.8 Å². The highest BCUT2D eigenvalue weighted by Gasteiger charge is 2.17. The van der Waals surface area contributed by atoms with Crippen LogP contribution in [0.5, 0.6) is 0 Å². The molecule has 0 spiro atoms. The molecule has 21 heavy (non-hydrogen) atoms. The van der Waals surface area contributed by atoms with Crippen LogP contribution in [0.3, 0.4) is 0 Å². The van der Waals surface area contributed by atoms with Crippen molar-refractivity contribution in [2.24, 2.45) is 0 Å². The van der Waals surface area contributed by atoms with Gasteiger partial charge in [-0.05, 0) is 25.1 Å². The lowest BCUT2D eigenvalue weighted by Crippen LogP contribution is -2.12. The zero-order valence-corrected chi connectivity index (χ0v) is 11.5. The summed E-state index contributed by atoms with van der Waals surface area (Å²) in [4.78, 5) is 26.5. The number of fused-ring (bicyclic) bond motifs is 3. The van der Waals surface area contributed by atoms with Crippen LogP contribution in [-0.2, 0) is 9.47 Å². The highest BCUT2D eigenvalue weighted by molar-refractivity contribution is 6.09. The van der Waals surface area contributed by atoms with Crippen LogP contribution in [0.4, 0.5) is 4.79 Å². The predicted octanol–water partition coefficient (Wildman–Crippen LogP) is 2.31. The second-order valence-electron chi connectivity index (χ2n) is 4.39. The molecule has 0 aliphatic carbocycles. The molecule has 7 heteroatoms. The molecule has 0 saturated carbocycles. The van der Waals surface area contributed by atoms with E-state index in [2.05, 4.69) is 14.8 Å². The maximum Gasteiger partial charge on any atom is 0.435 e. The smallest absolute Gasteiger partial charge is 0.435 e. The van der Waals surface area contributed by atoms with Gasteiger partial charge in [-0.3, -0.25) is 0 Å². The van der Waals surface area contributed by atoms with E-state index in [4.69, 9.17) is 4.74 Å². The minimum Gasteiger partial charge on any atom is -0.462 e. The van der Waals surface area contributed by atoms with E-state index in [-0.39, 0.29) is 5.97 Å². The van der Waals surface area contributed by atoms with E-state index in [1.54, 1.807) is 25.1 Å². The van der Waals surface area contributed by atoms with Gasteiger partial charge in [0.15, 0.2) is 0 Å². The lowest BCUT2D eigenvalue weighted by molar-refractivity contribution is 0.0526. The average Bonchev–Trinajstić information content (AvgIpc) is 3.04. The standard InChI is InChI=1S/C14H13N3O4/c1-3-21-13(18)8-4-5-9-10(6-8)16-11-7-15-17(12(9)11)14(19)20-2/h4-7,16H,3H2,1-2H3. The number of esters is 1. The highest BCUT2D eigenvalue weighted by atomic mass is 16.5. The Morgan fingerprint density at radius 1 is 1.33 bits per heavy atom. The topological polar surface area (TPSA) is 86.2 Å². The van der Waals surface area contributed by atoms with Gasteiger partial charge in [-0.2, -0.15) is 9.78 Å². The van der Waals surface area contributed by atoms with E-state index in [0.717, 1.165) is 10.9 Å². The Morgan fingerprint density at radius 3 is 2.86 bits per heavy atom. The SMILES string of the molecule is CCOC(=O)c1ccc2c(c1)[nH]c1cnn(C(=O)OC)c12. The lowest BCUT2D eigenvalue weighted by atomic mass is 10.1. The molecule has 0 amide bonds. The van der Waals surface area contributed by atoms with Gasteiger partial charge in [-0.25, -0.2) is 9.59 Å². The van der Waals surface area contributed by atoms with Crippen molar-refractivity contribution in [3.05, 3.63) is 30.0 Å². The Labute approximate surface area is 119 Å². The quantitative estimate of drug-likeness (QED) is 0.731. The minimum absolute atomic E-state index is 0.320. The highest BCUT2D eigenvalue weighted by Crippen LogP contribution is 2.26. The summed E-state index contributed by atoms with van der Waals surface area (Å²) >= 11 is 0. The van der Waals surface area contributed by atoms with Crippen LogP contribution in [0.1, 0.15) is 17.3 Å². The van der Waals surface area contributed by atoms with Crippen LogP contribution >= 0.6 is 0 Å². The van der Waals surface area contributed by atoms with Crippen molar-refractivity contribution in [2.45, 2.75) is 6.92 Å². The fourth-order valence-electron chi connectivity index (χ4n) is 2.26. The molecule has 108 valence electrons. The fourth-order valence-corrected chi connectivity index (χ4v) is 2.26. The van der Waals surface area contributed by atoms with E-state index in [0.29, 0.717) is 23.2 Å². The number of hydrogen-bond donors (Lipinski definition) is 1. The molecule has 7 nitrogen and oxygen atoms in total. The van der Waals surface area contributed by atoms with Gasteiger partial charge >= 0.3 is 12.1 Å². The number of hydrogen-bond acceptors (Lipinski definition) is 5. The number of aromatic nitrogens is 3. The van der Waals surface area contributed by atoms with E-state index < -0.39 is 6.09 Å². The van der Waals surface area contributed by atoms with Gasteiger partial charge in [-0.1, -0.05) is 0 Å². The Morgan fingerprint density at radius 2 is 2.14 bits per heavy atom. The van der Waals surface area contributed by atoms with Gasteiger partial charge in [0.25, 0.3) is 0 Å². The number of carbonyl (C=O) groups is 2. The number of methoxy groups -OCH3 is 1. The third-order valence-electron chi connectivity index (χ3n) is 3.17. The molecule has 0 saturated heterocycles. The maximum atomic E-state index is 11.7. The first-order chi connectivity index (χ1) is 10.2. The van der Waals surface area contributed by atoms with Crippen LogP contribution in [0.25, 0.3) is 21.9 Å². The first kappa shape index (κ1) is 13.2. The Bertz CT molecular complexity index is 847. The second-order valence-corrected chi connectivity index (χ2v) is 4.39. The van der Waals surface area contributed by atoms with Gasteiger partial charge in [-0.15, -0.1) is 0 Å². The molecule has 1 N–H and O–H groups in total. The molecule has 0 aliphatic rings. The van der Waals surface area contributed by atoms with Gasteiger partial charge in [0, 0.05) is 10.9 Å². The molecule has 0 radical (unpaired) electrons. The van der Waals surface area contributed by atoms with Crippen molar-refractivity contribution >= 4 is 34.0 Å². The Kier molecular flexibility index (Phi) is 3.09. The number of ether oxygens (including phenoxy) is 2. The lowest BCUT2D eigenvalue weighted by Gasteiger charge is -2.02. The van der Waals surface area contributed by atoms with E-state index in [1.807, 2.05) is 0 Å². The van der Waals surface area contributed by atoms with E-state index in [9.17, 15) is 9.59 Å². The Balaban J connectivity index is 2.17. The van der Waals surface area contributed by atoms with Crippen LogP contribution < -0.4 is 0 Å². The molecule has 0 bridgehead atoms. The summed E-state index contributed by atoms with van der Waals surface area (Å²) in [6.45, 7) is 2.07. The fraction of sp³-hybridized carbons (Fsp3) is 0.214. The number of nitrogens with zero attached hydrogens (tertiary/aromatic N) is 2. The predicted molar refractivity (Wildman–Crippen MR) is 75.3 cm³/mol. The van der Waals surface area contributed by atoms with Gasteiger partial charge in [0.1, 0.15) is 5.52 Å². The zero-order valence-electron chi connectivity index (χ0n) is 11.5. The summed E-state index contributed by atoms with van der Waals surface area (Å²) in [5, 5.41) is 4.76. The molecule has 0 fully saturated rings. The van der Waals surface area contributed by atoms with Crippen molar-refractivity contribution in [2.75, 3.05) is 13.7 Å². The summed E-state index contributed by atoms with van der Waals surface area (Å²) in [6, 6.07) is 5.10. The molecule has 2 heterocycles. The van der Waals surface area contributed by atoms with Crippen LogP contribution in [0.15, 0.2) is 24.4 Å². The van der Waals surface area contributed by atoms with Gasteiger partial charge < -0.3 is 14.5 Å². The molecule has 0 unspecified atom stereocenters. The number of rotatable bonds is 2. The molecule has 3 rings (SSSR count). The monoisotopic (exact) mass is 287 g/mol. The third kappa shape index (κ3) is 2.03. The molecule has 1 aromatic carbocycles. The van der Waals surface area contributed by atoms with Crippen LogP contribution in [0, 0.1) is 0 Å². The first-order valence-corrected chi connectivity index (χ1v) is 6.40. The number of carbonyl (C=O) groups excluding carboxylic acids is 2. The van der Waals surface area contributed by atoms with Crippen molar-refractivity contribution in [3.63, 3.8) is 0 Å². The van der Waals surface area contributed by atoms with Crippen LogP contribution in [0.2, 0.25) is 0 Å². The molecular weight excluding hydrogens is 274 g/mol. The molecule has 2 aromatic heterocycles. The largest absolute Gasteiger partial charge is 0.462 e. The average molecular weight is 287 g/mol. The van der Waals surface area contributed by atoms with Crippen molar-refractivity contribution in [1.29, 1.82) is 0 Å². The normalized spacial score (nSPS) is 11.0. The Hall–Kier alpha value is -2.83. The summed E-state index contributed by atoms with van der Waals surface area (Å²) in [6.07, 6.45) is 0.969. The third-order valence-corrected chi connectivity index (χ3v) is 3.17. The number of aromatic amines is 1. The second kappa shape index (κ2) is 4.93. The van der Waals surface area contributed by atoms with E-state index in [1.165, 1.54) is 18.0 Å². The minimum atomic E-state index is -0.569. The summed E-state index contributed by atoms with van der Waals surface area (Å²) < 4.78 is 10.8. The number of benzene rings is 1. The molecular formula is C14H13N3O4. The van der Waals surface area contributed by atoms with Gasteiger partial charge in [0.2, 0.25) is 0 Å². The molecule has 0 atom stereocenters. The molecule has 3 aromatic rings. The maximum absolute atomic E-state index is 11.7. The summed E-state index contributed by atoms with van der Waals surface area (Å²) in [5.41, 5.74) is 2.49. The number of nitrogens with one attached hydrogen (secondary N) is 1. The zero-order chi connectivity index (χ0) is 15.0. The summed E-state index contributed by atoms with van der Waals surface area (Å²) in [7, 11) is 1.30. The molecule has 0 aliphatic heterocycles.